The number of nitro groups is 1. The Bertz CT molecular complexity index is 825. The summed E-state index contributed by atoms with van der Waals surface area (Å²) in [6.07, 6.45) is 1.55. The number of carbonyl (C=O) groups excluding carboxylic acids is 1. The molecule has 6 nitrogen and oxygen atoms in total. The predicted octanol–water partition coefficient (Wildman–Crippen LogP) is 3.33. The van der Waals surface area contributed by atoms with Crippen molar-refractivity contribution >= 4 is 28.2 Å². The molecule has 0 unspecified atom stereocenters. The Kier molecular flexibility index (Phi) is 3.12. The van der Waals surface area contributed by atoms with Crippen LogP contribution in [0.5, 0.6) is 0 Å². The lowest BCUT2D eigenvalue weighted by Crippen LogP contribution is -2.11. The van der Waals surface area contributed by atoms with Crippen LogP contribution in [0.25, 0.3) is 10.9 Å². The smallest absolute Gasteiger partial charge is 0.271 e. The Hall–Kier alpha value is -3.15. The number of nitrogens with zero attached hydrogens (tertiary/aromatic N) is 1. The summed E-state index contributed by atoms with van der Waals surface area (Å²) < 4.78 is 0. The van der Waals surface area contributed by atoms with Crippen LogP contribution in [0.4, 0.5) is 11.4 Å². The molecule has 1 heterocycles. The molecule has 3 rings (SSSR count). The number of fused-ring (bicyclic) bond motifs is 1. The van der Waals surface area contributed by atoms with Crippen LogP contribution in [0.3, 0.4) is 0 Å². The Morgan fingerprint density at radius 2 is 1.90 bits per heavy atom. The van der Waals surface area contributed by atoms with Crippen molar-refractivity contribution in [3.8, 4) is 0 Å². The molecule has 0 spiro atoms. The summed E-state index contributed by atoms with van der Waals surface area (Å²) in [5, 5.41) is 14.2. The van der Waals surface area contributed by atoms with Gasteiger partial charge in [-0.1, -0.05) is 18.2 Å². The van der Waals surface area contributed by atoms with Crippen molar-refractivity contribution in [1.29, 1.82) is 0 Å². The van der Waals surface area contributed by atoms with Crippen LogP contribution in [0.1, 0.15) is 10.4 Å². The topological polar surface area (TPSA) is 88.0 Å². The predicted molar refractivity (Wildman–Crippen MR) is 79.3 cm³/mol. The van der Waals surface area contributed by atoms with Crippen molar-refractivity contribution in [2.24, 2.45) is 0 Å². The van der Waals surface area contributed by atoms with E-state index in [1.807, 2.05) is 18.2 Å². The lowest BCUT2D eigenvalue weighted by molar-refractivity contribution is -0.384. The minimum absolute atomic E-state index is 0.0145. The van der Waals surface area contributed by atoms with E-state index in [0.29, 0.717) is 22.2 Å². The normalized spacial score (nSPS) is 10.5. The molecule has 0 aliphatic carbocycles. The number of amides is 1. The summed E-state index contributed by atoms with van der Waals surface area (Å²) in [5.41, 5.74) is 1.68. The lowest BCUT2D eigenvalue weighted by atomic mass is 10.1. The van der Waals surface area contributed by atoms with E-state index in [4.69, 9.17) is 0 Å². The van der Waals surface area contributed by atoms with Crippen molar-refractivity contribution in [3.63, 3.8) is 0 Å². The zero-order valence-electron chi connectivity index (χ0n) is 10.9. The van der Waals surface area contributed by atoms with Crippen molar-refractivity contribution in [2.45, 2.75) is 0 Å². The number of aromatic nitrogens is 1. The molecule has 2 N–H and O–H groups in total. The molecule has 0 bridgehead atoms. The van der Waals surface area contributed by atoms with Crippen molar-refractivity contribution in [2.75, 3.05) is 5.32 Å². The minimum Gasteiger partial charge on any atom is -0.360 e. The second kappa shape index (κ2) is 5.09. The molecule has 2 aromatic carbocycles. The minimum atomic E-state index is -0.468. The Labute approximate surface area is 119 Å². The zero-order chi connectivity index (χ0) is 14.8. The third-order valence-corrected chi connectivity index (χ3v) is 3.15. The summed E-state index contributed by atoms with van der Waals surface area (Å²) in [6, 6.07) is 13.5. The van der Waals surface area contributed by atoms with E-state index in [1.54, 1.807) is 24.4 Å². The quantitative estimate of drug-likeness (QED) is 0.570. The Morgan fingerprint density at radius 3 is 2.62 bits per heavy atom. The molecule has 0 saturated carbocycles. The first-order valence-corrected chi connectivity index (χ1v) is 6.27. The number of rotatable bonds is 3. The van der Waals surface area contributed by atoms with E-state index in [2.05, 4.69) is 10.3 Å². The molecule has 0 fully saturated rings. The van der Waals surface area contributed by atoms with Gasteiger partial charge in [0, 0.05) is 29.4 Å². The highest BCUT2D eigenvalue weighted by molar-refractivity contribution is 6.13. The van der Waals surface area contributed by atoms with Gasteiger partial charge in [-0.05, 0) is 18.2 Å². The zero-order valence-corrected chi connectivity index (χ0v) is 10.9. The standard InChI is InChI=1S/C15H11N3O3/c19-15(17-10-4-2-1-3-5-10)13-9-16-14-8-11(18(20)21)6-7-12(13)14/h1-9,16H,(H,17,19). The van der Waals surface area contributed by atoms with Crippen LogP contribution < -0.4 is 5.32 Å². The van der Waals surface area contributed by atoms with Crippen LogP contribution >= 0.6 is 0 Å². The van der Waals surface area contributed by atoms with Crippen LogP contribution in [-0.4, -0.2) is 15.8 Å². The van der Waals surface area contributed by atoms with Crippen molar-refractivity contribution in [1.82, 2.24) is 4.98 Å². The van der Waals surface area contributed by atoms with E-state index in [-0.39, 0.29) is 11.6 Å². The van der Waals surface area contributed by atoms with Gasteiger partial charge < -0.3 is 10.3 Å². The van der Waals surface area contributed by atoms with Crippen LogP contribution in [-0.2, 0) is 0 Å². The Balaban J connectivity index is 1.94. The second-order valence-electron chi connectivity index (χ2n) is 4.51. The number of hydrogen-bond donors (Lipinski definition) is 2. The molecule has 0 aliphatic rings. The van der Waals surface area contributed by atoms with Gasteiger partial charge in [0.2, 0.25) is 0 Å². The number of H-pyrrole nitrogens is 1. The maximum Gasteiger partial charge on any atom is 0.271 e. The van der Waals surface area contributed by atoms with E-state index in [9.17, 15) is 14.9 Å². The largest absolute Gasteiger partial charge is 0.360 e. The average Bonchev–Trinajstić information content (AvgIpc) is 2.91. The van der Waals surface area contributed by atoms with E-state index in [0.717, 1.165) is 0 Å². The van der Waals surface area contributed by atoms with Crippen LogP contribution in [0.15, 0.2) is 54.7 Å². The summed E-state index contributed by atoms with van der Waals surface area (Å²) >= 11 is 0. The highest BCUT2D eigenvalue weighted by Gasteiger charge is 2.14. The molecule has 0 saturated heterocycles. The van der Waals surface area contributed by atoms with Gasteiger partial charge in [-0.3, -0.25) is 14.9 Å². The highest BCUT2D eigenvalue weighted by atomic mass is 16.6. The number of hydrogen-bond acceptors (Lipinski definition) is 3. The van der Waals surface area contributed by atoms with Gasteiger partial charge in [-0.2, -0.15) is 0 Å². The molecule has 0 atom stereocenters. The van der Waals surface area contributed by atoms with Crippen LogP contribution in [0.2, 0.25) is 0 Å². The van der Waals surface area contributed by atoms with Crippen molar-refractivity contribution < 1.29 is 9.72 Å². The van der Waals surface area contributed by atoms with Gasteiger partial charge >= 0.3 is 0 Å². The van der Waals surface area contributed by atoms with E-state index >= 15 is 0 Å². The molecule has 21 heavy (non-hydrogen) atoms. The fourth-order valence-corrected chi connectivity index (χ4v) is 2.14. The maximum absolute atomic E-state index is 12.2. The maximum atomic E-state index is 12.2. The monoisotopic (exact) mass is 281 g/mol. The number of anilines is 1. The number of para-hydroxylation sites is 1. The fourth-order valence-electron chi connectivity index (χ4n) is 2.14. The van der Waals surface area contributed by atoms with E-state index in [1.165, 1.54) is 12.1 Å². The van der Waals surface area contributed by atoms with Gasteiger partial charge in [0.05, 0.1) is 16.0 Å². The third kappa shape index (κ3) is 2.46. The summed E-state index contributed by atoms with van der Waals surface area (Å²) in [6.45, 7) is 0. The van der Waals surface area contributed by atoms with Crippen molar-refractivity contribution in [3.05, 3.63) is 70.4 Å². The first-order chi connectivity index (χ1) is 10.1. The SMILES string of the molecule is O=C(Nc1ccccc1)c1c[nH]c2cc([N+](=O)[O-])ccc12. The molecule has 0 radical (unpaired) electrons. The number of nitrogens with one attached hydrogen (secondary N) is 2. The molecule has 3 aromatic rings. The molecule has 104 valence electrons. The van der Waals surface area contributed by atoms with E-state index < -0.39 is 4.92 Å². The molecular weight excluding hydrogens is 270 g/mol. The third-order valence-electron chi connectivity index (χ3n) is 3.15. The van der Waals surface area contributed by atoms with Gasteiger partial charge in [0.15, 0.2) is 0 Å². The highest BCUT2D eigenvalue weighted by Crippen LogP contribution is 2.24. The number of aromatic amines is 1. The summed E-state index contributed by atoms with van der Waals surface area (Å²) in [7, 11) is 0. The molecule has 6 heteroatoms. The number of non-ortho nitro benzene ring substituents is 1. The Morgan fingerprint density at radius 1 is 1.14 bits per heavy atom. The summed E-state index contributed by atoms with van der Waals surface area (Å²) in [5.74, 6) is -0.263. The van der Waals surface area contributed by atoms with Gasteiger partial charge in [-0.25, -0.2) is 0 Å². The molecule has 0 aliphatic heterocycles. The average molecular weight is 281 g/mol. The molecular formula is C15H11N3O3. The fraction of sp³-hybridized carbons (Fsp3) is 0. The first kappa shape index (κ1) is 12.9. The number of nitro benzene ring substituents is 1. The van der Waals surface area contributed by atoms with Gasteiger partial charge in [-0.15, -0.1) is 0 Å². The summed E-state index contributed by atoms with van der Waals surface area (Å²) in [4.78, 5) is 25.4. The molecule has 1 aromatic heterocycles. The van der Waals surface area contributed by atoms with Gasteiger partial charge in [0.1, 0.15) is 0 Å². The second-order valence-corrected chi connectivity index (χ2v) is 4.51. The first-order valence-electron chi connectivity index (χ1n) is 6.27. The van der Waals surface area contributed by atoms with Crippen LogP contribution in [0, 0.1) is 10.1 Å². The number of carbonyl (C=O) groups is 1. The molecule has 1 amide bonds. The lowest BCUT2D eigenvalue weighted by Gasteiger charge is -2.03. The van der Waals surface area contributed by atoms with Gasteiger partial charge in [0.25, 0.3) is 11.6 Å². The number of benzene rings is 2.